The van der Waals surface area contributed by atoms with Gasteiger partial charge in [0.15, 0.2) is 0 Å². The molecule has 0 aliphatic carbocycles. The zero-order chi connectivity index (χ0) is 48.8. The van der Waals surface area contributed by atoms with Gasteiger partial charge in [0.25, 0.3) is 11.8 Å². The lowest BCUT2D eigenvalue weighted by Gasteiger charge is -2.48. The molecule has 5 amide bonds. The topological polar surface area (TPSA) is 179 Å². The van der Waals surface area contributed by atoms with E-state index in [1.165, 1.54) is 25.0 Å². The summed E-state index contributed by atoms with van der Waals surface area (Å²) in [6.45, 7) is 15.8. The van der Waals surface area contributed by atoms with Crippen molar-refractivity contribution in [2.75, 3.05) is 112 Å². The average molecular weight is 965 g/mol. The summed E-state index contributed by atoms with van der Waals surface area (Å²) in [6, 6.07) is 8.70. The Labute approximate surface area is 408 Å². The standard InChI is InChI=1S/C51H66F2N12O5/c1-49(2)8-17-60(18-9-49)28-34-24-39(53)41(26-38(34)52)64-29-45(67)59-51(32-64)12-21-63(22-13-51)43-27-42(56-33-57-43)55-15-23-62-20-11-50(31-62)10-19-61(30-50)16-3-14-54-35-4-5-36-37(25-35)48(70)65(47(36)69)40-6-7-44(66)58-46(40)68/h4-5,24-27,33,40,54H,3,6-23,28-32H2,1-2H3,(H,59,67)(H,55,56,57)(H,58,66,68)/t40?,50-/m1/s1. The van der Waals surface area contributed by atoms with Gasteiger partial charge in [0.2, 0.25) is 17.7 Å². The van der Waals surface area contributed by atoms with Crippen LogP contribution in [0.5, 0.6) is 0 Å². The second kappa shape index (κ2) is 19.4. The third-order valence-electron chi connectivity index (χ3n) is 16.2. The van der Waals surface area contributed by atoms with Gasteiger partial charge in [0, 0.05) is 88.7 Å². The molecule has 0 saturated carbocycles. The molecule has 70 heavy (non-hydrogen) atoms. The molecule has 10 rings (SSSR count). The van der Waals surface area contributed by atoms with Gasteiger partial charge in [-0.05, 0) is 119 Å². The molecule has 6 saturated heterocycles. The van der Waals surface area contributed by atoms with Crippen molar-refractivity contribution in [3.05, 3.63) is 71.1 Å². The van der Waals surface area contributed by atoms with Crippen molar-refractivity contribution >= 4 is 52.5 Å². The number of halogens is 2. The first-order valence-electron chi connectivity index (χ1n) is 25.2. The molecule has 2 aromatic carbocycles. The highest BCUT2D eigenvalue weighted by Gasteiger charge is 2.46. The number of piperidine rings is 3. The van der Waals surface area contributed by atoms with Crippen LogP contribution in [0.25, 0.3) is 0 Å². The highest BCUT2D eigenvalue weighted by Crippen LogP contribution is 2.40. The summed E-state index contributed by atoms with van der Waals surface area (Å²) < 4.78 is 31.2. The predicted octanol–water partition coefficient (Wildman–Crippen LogP) is 4.07. The number of carbonyl (C=O) groups excluding carboxylic acids is 5. The van der Waals surface area contributed by atoms with Crippen LogP contribution in [0.3, 0.4) is 0 Å². The summed E-state index contributed by atoms with van der Waals surface area (Å²) in [6.07, 6.45) is 8.38. The first kappa shape index (κ1) is 47.9. The van der Waals surface area contributed by atoms with E-state index in [4.69, 9.17) is 0 Å². The van der Waals surface area contributed by atoms with Crippen LogP contribution in [-0.2, 0) is 20.9 Å². The van der Waals surface area contributed by atoms with E-state index < -0.39 is 46.8 Å². The maximum absolute atomic E-state index is 15.7. The normalized spacial score (nSPS) is 25.0. The van der Waals surface area contributed by atoms with Gasteiger partial charge in [0.05, 0.1) is 28.9 Å². The van der Waals surface area contributed by atoms with Crippen LogP contribution >= 0.6 is 0 Å². The van der Waals surface area contributed by atoms with Crippen molar-refractivity contribution in [3.8, 4) is 0 Å². The Balaban J connectivity index is 0.644. The second-order valence-electron chi connectivity index (χ2n) is 21.7. The summed E-state index contributed by atoms with van der Waals surface area (Å²) in [4.78, 5) is 84.7. The molecule has 2 spiro atoms. The molecule has 374 valence electrons. The van der Waals surface area contributed by atoms with Crippen LogP contribution in [0.2, 0.25) is 0 Å². The Morgan fingerprint density at radius 3 is 2.20 bits per heavy atom. The lowest BCUT2D eigenvalue weighted by molar-refractivity contribution is -0.136. The maximum Gasteiger partial charge on any atom is 0.262 e. The Morgan fingerprint density at radius 1 is 0.714 bits per heavy atom. The van der Waals surface area contributed by atoms with Gasteiger partial charge in [-0.3, -0.25) is 39.1 Å². The number of carbonyl (C=O) groups is 5. The van der Waals surface area contributed by atoms with Gasteiger partial charge in [-0.1, -0.05) is 13.8 Å². The fourth-order valence-electron chi connectivity index (χ4n) is 11.9. The number of piperazine rings is 1. The van der Waals surface area contributed by atoms with Crippen molar-refractivity contribution in [3.63, 3.8) is 0 Å². The van der Waals surface area contributed by atoms with Crippen LogP contribution in [0, 0.1) is 22.5 Å². The summed E-state index contributed by atoms with van der Waals surface area (Å²) >= 11 is 0. The number of anilines is 4. The van der Waals surface area contributed by atoms with E-state index in [9.17, 15) is 24.0 Å². The lowest BCUT2D eigenvalue weighted by atomic mass is 9.82. The number of hydrogen-bond acceptors (Lipinski definition) is 14. The van der Waals surface area contributed by atoms with Gasteiger partial charge in [-0.15, -0.1) is 0 Å². The minimum atomic E-state index is -0.983. The van der Waals surface area contributed by atoms with Crippen molar-refractivity contribution in [2.45, 2.75) is 89.8 Å². The van der Waals surface area contributed by atoms with Gasteiger partial charge < -0.3 is 35.6 Å². The molecule has 2 atom stereocenters. The van der Waals surface area contributed by atoms with Crippen LogP contribution in [0.1, 0.15) is 97.9 Å². The summed E-state index contributed by atoms with van der Waals surface area (Å²) in [5.74, 6) is -1.58. The number of aromatic nitrogens is 2. The number of rotatable bonds is 14. The summed E-state index contributed by atoms with van der Waals surface area (Å²) in [5, 5.41) is 12.4. The SMILES string of the molecule is CC1(C)CCN(Cc2cc(F)c(N3CC(=O)NC4(CCN(c5cc(NCCN6CC[C@@]7(CCN(CCCNc8ccc9c(c8)C(=O)N(C8CCC(=O)NC8=O)C9=O)C7)C6)ncn5)CC4)C3)cc2F)CC1. The van der Waals surface area contributed by atoms with Gasteiger partial charge in [-0.25, -0.2) is 18.7 Å². The highest BCUT2D eigenvalue weighted by atomic mass is 19.1. The molecule has 1 unspecified atom stereocenters. The van der Waals surface area contributed by atoms with Crippen LogP contribution in [0.15, 0.2) is 42.7 Å². The minimum Gasteiger partial charge on any atom is -0.385 e. The quantitative estimate of drug-likeness (QED) is 0.134. The van der Waals surface area contributed by atoms with Crippen molar-refractivity contribution in [1.29, 1.82) is 0 Å². The van der Waals surface area contributed by atoms with Crippen molar-refractivity contribution in [1.82, 2.24) is 40.2 Å². The molecule has 6 fully saturated rings. The van der Waals surface area contributed by atoms with Gasteiger partial charge in [-0.2, -0.15) is 0 Å². The van der Waals surface area contributed by atoms with E-state index in [0.717, 1.165) is 100 Å². The van der Waals surface area contributed by atoms with Gasteiger partial charge in [0.1, 0.15) is 35.6 Å². The minimum absolute atomic E-state index is 0.0198. The highest BCUT2D eigenvalue weighted by molar-refractivity contribution is 6.23. The zero-order valence-electron chi connectivity index (χ0n) is 40.5. The molecule has 4 N–H and O–H groups in total. The molecule has 17 nitrogen and oxygen atoms in total. The van der Waals surface area contributed by atoms with Crippen LogP contribution in [0.4, 0.5) is 31.8 Å². The third-order valence-corrected chi connectivity index (χ3v) is 16.2. The fourth-order valence-corrected chi connectivity index (χ4v) is 11.9. The largest absolute Gasteiger partial charge is 0.385 e. The predicted molar refractivity (Wildman–Crippen MR) is 260 cm³/mol. The molecule has 1 aromatic heterocycles. The van der Waals surface area contributed by atoms with E-state index >= 15 is 8.78 Å². The second-order valence-corrected chi connectivity index (χ2v) is 21.7. The number of nitrogens with one attached hydrogen (secondary N) is 4. The Kier molecular flexibility index (Phi) is 13.3. The van der Waals surface area contributed by atoms with E-state index in [2.05, 4.69) is 64.7 Å². The number of fused-ring (bicyclic) bond motifs is 1. The van der Waals surface area contributed by atoms with E-state index in [-0.39, 0.29) is 52.9 Å². The van der Waals surface area contributed by atoms with E-state index in [1.807, 2.05) is 6.07 Å². The number of imide groups is 2. The molecule has 7 aliphatic rings. The van der Waals surface area contributed by atoms with E-state index in [1.54, 1.807) is 29.4 Å². The summed E-state index contributed by atoms with van der Waals surface area (Å²) in [5.41, 5.74) is 1.78. The van der Waals surface area contributed by atoms with Crippen LogP contribution < -0.4 is 31.1 Å². The molecular weight excluding hydrogens is 899 g/mol. The average Bonchev–Trinajstić information content (AvgIpc) is 4.00. The first-order valence-corrected chi connectivity index (χ1v) is 25.2. The first-order chi connectivity index (χ1) is 33.6. The number of likely N-dealkylation sites (tertiary alicyclic amines) is 3. The molecule has 0 bridgehead atoms. The fraction of sp³-hybridized carbons (Fsp3) is 0.588. The Hall–Kier alpha value is -5.79. The number of nitrogens with zero attached hydrogens (tertiary/aromatic N) is 8. The Bertz CT molecular complexity index is 2530. The van der Waals surface area contributed by atoms with Crippen molar-refractivity contribution in [2.24, 2.45) is 10.8 Å². The maximum atomic E-state index is 15.7. The van der Waals surface area contributed by atoms with E-state index in [0.29, 0.717) is 51.1 Å². The Morgan fingerprint density at radius 2 is 1.44 bits per heavy atom. The lowest BCUT2D eigenvalue weighted by Crippen LogP contribution is -2.66. The molecule has 3 aromatic rings. The molecule has 8 heterocycles. The molecular formula is C51H66F2N12O5. The number of benzene rings is 2. The van der Waals surface area contributed by atoms with Gasteiger partial charge >= 0.3 is 0 Å². The smallest absolute Gasteiger partial charge is 0.262 e. The summed E-state index contributed by atoms with van der Waals surface area (Å²) in [7, 11) is 0. The number of amides is 5. The van der Waals surface area contributed by atoms with Crippen LogP contribution in [-0.4, -0.2) is 162 Å². The third kappa shape index (κ3) is 10.2. The molecule has 0 radical (unpaired) electrons. The number of hydrogen-bond donors (Lipinski definition) is 4. The van der Waals surface area contributed by atoms with Crippen molar-refractivity contribution < 1.29 is 32.8 Å². The molecule has 7 aliphatic heterocycles. The monoisotopic (exact) mass is 965 g/mol. The molecule has 19 heteroatoms. The zero-order valence-corrected chi connectivity index (χ0v) is 40.5.